The van der Waals surface area contributed by atoms with Crippen LogP contribution in [0.3, 0.4) is 0 Å². The Morgan fingerprint density at radius 2 is 1.67 bits per heavy atom. The van der Waals surface area contributed by atoms with Crippen molar-refractivity contribution >= 4 is 11.5 Å². The fourth-order valence-corrected chi connectivity index (χ4v) is 4.20. The van der Waals surface area contributed by atoms with E-state index in [4.69, 9.17) is 14.5 Å². The van der Waals surface area contributed by atoms with E-state index in [-0.39, 0.29) is 23.4 Å². The lowest BCUT2D eigenvalue weighted by Crippen LogP contribution is -2.33. The lowest BCUT2D eigenvalue weighted by atomic mass is 9.73. The third-order valence-corrected chi connectivity index (χ3v) is 5.67. The number of benzene rings is 2. The number of hydrogen-bond acceptors (Lipinski definition) is 5. The molecule has 0 heterocycles. The molecule has 0 aromatic heterocycles. The minimum atomic E-state index is -0.173. The summed E-state index contributed by atoms with van der Waals surface area (Å²) < 4.78 is 11.3. The molecule has 0 bridgehead atoms. The van der Waals surface area contributed by atoms with Crippen molar-refractivity contribution in [3.8, 4) is 11.5 Å². The summed E-state index contributed by atoms with van der Waals surface area (Å²) in [5.41, 5.74) is 2.98. The van der Waals surface area contributed by atoms with Gasteiger partial charge >= 0.3 is 0 Å². The fraction of sp³-hybridized carbons (Fsp3) is 0.429. The minimum absolute atomic E-state index is 0.0434. The molecule has 0 atom stereocenters. The number of aliphatic hydroxyl groups is 1. The number of carbonyl (C=O) groups excluding carboxylic acids is 1. The molecule has 5 heteroatoms. The molecule has 3 rings (SSSR count). The molecule has 1 saturated carbocycles. The van der Waals surface area contributed by atoms with Gasteiger partial charge in [-0.1, -0.05) is 50.2 Å². The monoisotopic (exact) mass is 449 g/mol. The van der Waals surface area contributed by atoms with Crippen LogP contribution in [-0.2, 0) is 17.6 Å². The van der Waals surface area contributed by atoms with Gasteiger partial charge in [0, 0.05) is 25.1 Å². The summed E-state index contributed by atoms with van der Waals surface area (Å²) in [6.45, 7) is 9.64. The maximum atomic E-state index is 13.1. The second-order valence-electron chi connectivity index (χ2n) is 9.15. The predicted molar refractivity (Wildman–Crippen MR) is 133 cm³/mol. The molecule has 0 unspecified atom stereocenters. The van der Waals surface area contributed by atoms with Gasteiger partial charge < -0.3 is 14.6 Å². The summed E-state index contributed by atoms with van der Waals surface area (Å²) in [4.78, 5) is 17.8. The molecule has 5 nitrogen and oxygen atoms in total. The van der Waals surface area contributed by atoms with E-state index in [1.807, 2.05) is 50.2 Å². The Balaban J connectivity index is 1.87. The highest BCUT2D eigenvalue weighted by molar-refractivity contribution is 6.24. The van der Waals surface area contributed by atoms with E-state index in [0.717, 1.165) is 12.0 Å². The van der Waals surface area contributed by atoms with E-state index in [9.17, 15) is 9.90 Å². The van der Waals surface area contributed by atoms with Gasteiger partial charge in [0.05, 0.1) is 18.8 Å². The first-order valence-electron chi connectivity index (χ1n) is 11.7. The third kappa shape index (κ3) is 6.70. The number of hydrogen-bond donors (Lipinski definition) is 1. The van der Waals surface area contributed by atoms with Crippen LogP contribution in [0.5, 0.6) is 11.5 Å². The van der Waals surface area contributed by atoms with E-state index in [2.05, 4.69) is 26.0 Å². The molecule has 0 spiro atoms. The molecule has 2 aromatic rings. The molecule has 1 fully saturated rings. The highest BCUT2D eigenvalue weighted by Gasteiger charge is 2.36. The summed E-state index contributed by atoms with van der Waals surface area (Å²) in [5.74, 6) is 1.34. The number of ketones is 1. The van der Waals surface area contributed by atoms with Crippen molar-refractivity contribution in [3.63, 3.8) is 0 Å². The van der Waals surface area contributed by atoms with Crippen molar-refractivity contribution in [3.05, 3.63) is 71.0 Å². The van der Waals surface area contributed by atoms with Crippen molar-refractivity contribution in [2.45, 2.75) is 53.4 Å². The largest absolute Gasteiger partial charge is 0.511 e. The molecular weight excluding hydrogens is 414 g/mol. The van der Waals surface area contributed by atoms with Gasteiger partial charge in [0.1, 0.15) is 5.76 Å². The van der Waals surface area contributed by atoms with Crippen molar-refractivity contribution in [1.82, 2.24) is 0 Å². The van der Waals surface area contributed by atoms with Gasteiger partial charge in [0.15, 0.2) is 17.3 Å². The lowest BCUT2D eigenvalue weighted by molar-refractivity contribution is -0.117. The van der Waals surface area contributed by atoms with Crippen LogP contribution in [0.1, 0.15) is 51.7 Å². The number of carbonyl (C=O) groups is 1. The van der Waals surface area contributed by atoms with Gasteiger partial charge in [-0.05, 0) is 55.4 Å². The van der Waals surface area contributed by atoms with Crippen LogP contribution in [0.2, 0.25) is 0 Å². The SMILES string of the molecule is CCOc1ccc(C/C(O)=C2\C(=O)CC(C)(C)CC2=NCCc2ccccc2)cc1OCC. The molecule has 1 N–H and O–H groups in total. The Hall–Kier alpha value is -3.08. The zero-order valence-corrected chi connectivity index (χ0v) is 20.2. The molecular formula is C28H35NO4. The normalized spacial score (nSPS) is 18.3. The average molecular weight is 450 g/mol. The number of ether oxygens (including phenoxy) is 2. The third-order valence-electron chi connectivity index (χ3n) is 5.67. The van der Waals surface area contributed by atoms with Crippen molar-refractivity contribution in [2.24, 2.45) is 10.4 Å². The van der Waals surface area contributed by atoms with Gasteiger partial charge in [0.25, 0.3) is 0 Å². The van der Waals surface area contributed by atoms with Gasteiger partial charge in [-0.2, -0.15) is 0 Å². The van der Waals surface area contributed by atoms with Crippen molar-refractivity contribution in [2.75, 3.05) is 19.8 Å². The van der Waals surface area contributed by atoms with Crippen LogP contribution in [0.25, 0.3) is 0 Å². The summed E-state index contributed by atoms with van der Waals surface area (Å²) in [7, 11) is 0. The Kier molecular flexibility index (Phi) is 8.32. The van der Waals surface area contributed by atoms with Gasteiger partial charge in [-0.15, -0.1) is 0 Å². The number of nitrogens with zero attached hydrogens (tertiary/aromatic N) is 1. The van der Waals surface area contributed by atoms with E-state index in [1.54, 1.807) is 0 Å². The molecule has 0 aliphatic heterocycles. The minimum Gasteiger partial charge on any atom is -0.511 e. The van der Waals surface area contributed by atoms with Crippen molar-refractivity contribution in [1.29, 1.82) is 0 Å². The molecule has 2 aromatic carbocycles. The van der Waals surface area contributed by atoms with Gasteiger partial charge in [0.2, 0.25) is 0 Å². The zero-order valence-electron chi connectivity index (χ0n) is 20.2. The maximum Gasteiger partial charge on any atom is 0.168 e. The number of aliphatic imine (C=N–C) groups is 1. The second kappa shape index (κ2) is 11.2. The van der Waals surface area contributed by atoms with E-state index in [0.29, 0.717) is 55.4 Å². The Morgan fingerprint density at radius 3 is 2.36 bits per heavy atom. The highest BCUT2D eigenvalue weighted by atomic mass is 16.5. The van der Waals surface area contributed by atoms with E-state index >= 15 is 0 Å². The summed E-state index contributed by atoms with van der Waals surface area (Å²) in [5, 5.41) is 11.1. The molecule has 33 heavy (non-hydrogen) atoms. The van der Waals surface area contributed by atoms with Crippen LogP contribution >= 0.6 is 0 Å². The van der Waals surface area contributed by atoms with E-state index in [1.165, 1.54) is 5.56 Å². The Bertz CT molecular complexity index is 1020. The summed E-state index contributed by atoms with van der Waals surface area (Å²) in [6.07, 6.45) is 2.10. The Labute approximate surface area is 197 Å². The van der Waals surface area contributed by atoms with Crippen LogP contribution in [0, 0.1) is 5.41 Å². The first kappa shape index (κ1) is 24.6. The average Bonchev–Trinajstić information content (AvgIpc) is 2.75. The maximum absolute atomic E-state index is 13.1. The van der Waals surface area contributed by atoms with E-state index < -0.39 is 0 Å². The van der Waals surface area contributed by atoms with Crippen molar-refractivity contribution < 1.29 is 19.4 Å². The number of allylic oxidation sites excluding steroid dienone is 2. The lowest BCUT2D eigenvalue weighted by Gasteiger charge is -2.31. The molecule has 0 radical (unpaired) electrons. The zero-order chi connectivity index (χ0) is 23.8. The quantitative estimate of drug-likeness (QED) is 0.382. The Morgan fingerprint density at radius 1 is 0.970 bits per heavy atom. The first-order chi connectivity index (χ1) is 15.8. The standard InChI is InChI=1S/C28H35NO4/c1-5-32-25-13-12-21(17-26(25)33-6-2)16-23(30)27-22(18-28(3,4)19-24(27)31)29-15-14-20-10-8-7-9-11-20/h7-13,17,30H,5-6,14-16,18-19H2,1-4H3/b27-23+,29-22?. The van der Waals surface area contributed by atoms with Crippen LogP contribution in [0.4, 0.5) is 0 Å². The molecule has 0 amide bonds. The highest BCUT2D eigenvalue weighted by Crippen LogP contribution is 2.36. The van der Waals surface area contributed by atoms with Crippen LogP contribution in [-0.4, -0.2) is 36.4 Å². The van der Waals surface area contributed by atoms with Crippen LogP contribution in [0.15, 0.2) is 64.9 Å². The fourth-order valence-electron chi connectivity index (χ4n) is 4.20. The number of Topliss-reactive ketones (excluding diaryl/α,β-unsaturated/α-hetero) is 1. The molecule has 1 aliphatic carbocycles. The number of aliphatic hydroxyl groups excluding tert-OH is 1. The molecule has 176 valence electrons. The number of rotatable bonds is 9. The van der Waals surface area contributed by atoms with Crippen LogP contribution < -0.4 is 9.47 Å². The van der Waals surface area contributed by atoms with Gasteiger partial charge in [-0.3, -0.25) is 9.79 Å². The summed E-state index contributed by atoms with van der Waals surface area (Å²) >= 11 is 0. The molecule has 0 saturated heterocycles. The summed E-state index contributed by atoms with van der Waals surface area (Å²) in [6, 6.07) is 15.8. The smallest absolute Gasteiger partial charge is 0.168 e. The first-order valence-corrected chi connectivity index (χ1v) is 11.7. The second-order valence-corrected chi connectivity index (χ2v) is 9.15. The molecule has 1 aliphatic rings. The topological polar surface area (TPSA) is 68.1 Å². The predicted octanol–water partition coefficient (Wildman–Crippen LogP) is 5.91. The van der Waals surface area contributed by atoms with Gasteiger partial charge in [-0.25, -0.2) is 0 Å².